The molecule has 0 aliphatic carbocycles. The van der Waals surface area contributed by atoms with Gasteiger partial charge in [0, 0.05) is 25.6 Å². The number of hydrogen-bond donors (Lipinski definition) is 0. The number of carbonyl (C=O) groups is 2. The molecule has 0 N–H and O–H groups in total. The largest absolute Gasteiger partial charge is 0.467 e. The lowest BCUT2D eigenvalue weighted by atomic mass is 10.1. The van der Waals surface area contributed by atoms with Crippen molar-refractivity contribution in [3.05, 3.63) is 24.2 Å². The van der Waals surface area contributed by atoms with Crippen LogP contribution < -0.4 is 0 Å². The number of furan rings is 1. The van der Waals surface area contributed by atoms with Crippen LogP contribution in [0.2, 0.25) is 0 Å². The van der Waals surface area contributed by atoms with Crippen molar-refractivity contribution in [2.75, 3.05) is 19.7 Å². The van der Waals surface area contributed by atoms with Gasteiger partial charge >= 0.3 is 0 Å². The third-order valence-electron chi connectivity index (χ3n) is 4.56. The third kappa shape index (κ3) is 6.16. The summed E-state index contributed by atoms with van der Waals surface area (Å²) >= 11 is 0. The molecule has 2 amide bonds. The van der Waals surface area contributed by atoms with Gasteiger partial charge in [-0.15, -0.1) is 0 Å². The van der Waals surface area contributed by atoms with Gasteiger partial charge in [-0.25, -0.2) is 0 Å². The van der Waals surface area contributed by atoms with E-state index in [2.05, 4.69) is 0 Å². The van der Waals surface area contributed by atoms with E-state index in [1.54, 1.807) is 16.1 Å². The quantitative estimate of drug-likeness (QED) is 0.675. The van der Waals surface area contributed by atoms with E-state index in [4.69, 9.17) is 9.15 Å². The van der Waals surface area contributed by atoms with Crippen LogP contribution in [0.5, 0.6) is 0 Å². The molecule has 1 fully saturated rings. The topological polar surface area (TPSA) is 63.0 Å². The Labute approximate surface area is 156 Å². The molecule has 0 saturated carbocycles. The van der Waals surface area contributed by atoms with Gasteiger partial charge in [0.15, 0.2) is 0 Å². The molecule has 1 aromatic heterocycles. The van der Waals surface area contributed by atoms with Crippen LogP contribution in [0.1, 0.15) is 52.7 Å². The highest BCUT2D eigenvalue weighted by atomic mass is 16.5. The molecule has 26 heavy (non-hydrogen) atoms. The molecule has 1 atom stereocenters. The van der Waals surface area contributed by atoms with Crippen molar-refractivity contribution in [3.63, 3.8) is 0 Å². The summed E-state index contributed by atoms with van der Waals surface area (Å²) in [6.45, 7) is 9.69. The zero-order chi connectivity index (χ0) is 19.1. The van der Waals surface area contributed by atoms with Crippen LogP contribution in [0.4, 0.5) is 0 Å². The van der Waals surface area contributed by atoms with E-state index in [-0.39, 0.29) is 36.4 Å². The Balaban J connectivity index is 2.05. The maximum Gasteiger partial charge on any atom is 0.242 e. The standard InChI is InChI=1S/C20H32N2O4/c1-15(2)11-19(23)22(16(3)4)14-20(24)21(12-17-7-5-9-25-17)13-18-8-6-10-26-18/h5,7,9,15-16,18H,6,8,10-14H2,1-4H3/t18-/m0/s1. The first-order chi connectivity index (χ1) is 12.4. The van der Waals surface area contributed by atoms with Gasteiger partial charge < -0.3 is 19.0 Å². The van der Waals surface area contributed by atoms with Gasteiger partial charge in [-0.1, -0.05) is 13.8 Å². The van der Waals surface area contributed by atoms with Gasteiger partial charge in [0.2, 0.25) is 11.8 Å². The zero-order valence-electron chi connectivity index (χ0n) is 16.4. The van der Waals surface area contributed by atoms with Crippen LogP contribution in [-0.4, -0.2) is 53.5 Å². The lowest BCUT2D eigenvalue weighted by molar-refractivity contribution is -0.143. The van der Waals surface area contributed by atoms with E-state index in [9.17, 15) is 9.59 Å². The summed E-state index contributed by atoms with van der Waals surface area (Å²) in [6.07, 6.45) is 4.11. The molecule has 1 aromatic rings. The average Bonchev–Trinajstić information content (AvgIpc) is 3.24. The minimum Gasteiger partial charge on any atom is -0.467 e. The van der Waals surface area contributed by atoms with Crippen LogP contribution in [0.3, 0.4) is 0 Å². The van der Waals surface area contributed by atoms with E-state index in [0.717, 1.165) is 25.2 Å². The molecule has 0 bridgehead atoms. The Morgan fingerprint density at radius 2 is 2.00 bits per heavy atom. The molecule has 0 aromatic carbocycles. The first-order valence-corrected chi connectivity index (χ1v) is 9.58. The highest BCUT2D eigenvalue weighted by Crippen LogP contribution is 2.16. The molecular weight excluding hydrogens is 332 g/mol. The highest BCUT2D eigenvalue weighted by Gasteiger charge is 2.27. The molecule has 1 aliphatic rings. The zero-order valence-corrected chi connectivity index (χ0v) is 16.4. The van der Waals surface area contributed by atoms with Crippen molar-refractivity contribution in [2.45, 2.75) is 65.6 Å². The second-order valence-corrected chi connectivity index (χ2v) is 7.70. The summed E-state index contributed by atoms with van der Waals surface area (Å²) in [5.74, 6) is 0.965. The minimum absolute atomic E-state index is 0.0154. The summed E-state index contributed by atoms with van der Waals surface area (Å²) in [4.78, 5) is 29.0. The molecule has 146 valence electrons. The van der Waals surface area contributed by atoms with E-state index < -0.39 is 0 Å². The summed E-state index contributed by atoms with van der Waals surface area (Å²) in [6, 6.07) is 3.66. The second-order valence-electron chi connectivity index (χ2n) is 7.70. The number of rotatable bonds is 9. The van der Waals surface area contributed by atoms with E-state index in [0.29, 0.717) is 19.5 Å². The highest BCUT2D eigenvalue weighted by molar-refractivity contribution is 5.85. The number of nitrogens with zero attached hydrogens (tertiary/aromatic N) is 2. The monoisotopic (exact) mass is 364 g/mol. The Morgan fingerprint density at radius 1 is 1.23 bits per heavy atom. The summed E-state index contributed by atoms with van der Waals surface area (Å²) in [5, 5.41) is 0. The van der Waals surface area contributed by atoms with E-state index in [1.165, 1.54) is 0 Å². The fraction of sp³-hybridized carbons (Fsp3) is 0.700. The molecule has 0 radical (unpaired) electrons. The Kier molecular flexibility index (Phi) is 7.69. The molecule has 1 saturated heterocycles. The number of amides is 2. The molecule has 1 aliphatic heterocycles. The van der Waals surface area contributed by atoms with Crippen LogP contribution in [0, 0.1) is 5.92 Å². The molecule has 6 nitrogen and oxygen atoms in total. The van der Waals surface area contributed by atoms with Crippen LogP contribution in [0.15, 0.2) is 22.8 Å². The van der Waals surface area contributed by atoms with Gasteiger partial charge in [0.1, 0.15) is 5.76 Å². The average molecular weight is 364 g/mol. The van der Waals surface area contributed by atoms with Crippen molar-refractivity contribution >= 4 is 11.8 Å². The number of carbonyl (C=O) groups excluding carboxylic acids is 2. The van der Waals surface area contributed by atoms with Gasteiger partial charge in [0.05, 0.1) is 25.5 Å². The predicted octanol–water partition coefficient (Wildman–Crippen LogP) is 3.07. The van der Waals surface area contributed by atoms with Crippen LogP contribution >= 0.6 is 0 Å². The fourth-order valence-electron chi connectivity index (χ4n) is 3.15. The van der Waals surface area contributed by atoms with Crippen molar-refractivity contribution in [1.82, 2.24) is 9.80 Å². The second kappa shape index (κ2) is 9.76. The SMILES string of the molecule is CC(C)CC(=O)N(CC(=O)N(Cc1ccco1)C[C@@H]1CCCO1)C(C)C. The lowest BCUT2D eigenvalue weighted by Crippen LogP contribution is -2.47. The Morgan fingerprint density at radius 3 is 2.54 bits per heavy atom. The predicted molar refractivity (Wildman–Crippen MR) is 99.4 cm³/mol. The molecule has 2 rings (SSSR count). The van der Waals surface area contributed by atoms with E-state index >= 15 is 0 Å². The van der Waals surface area contributed by atoms with Crippen molar-refractivity contribution in [3.8, 4) is 0 Å². The third-order valence-corrected chi connectivity index (χ3v) is 4.56. The normalized spacial score (nSPS) is 17.1. The smallest absolute Gasteiger partial charge is 0.242 e. The minimum atomic E-state index is -0.0669. The lowest BCUT2D eigenvalue weighted by Gasteiger charge is -2.31. The maximum atomic E-state index is 13.0. The molecule has 0 unspecified atom stereocenters. The first kappa shape index (κ1) is 20.5. The van der Waals surface area contributed by atoms with Gasteiger partial charge in [-0.2, -0.15) is 0 Å². The molecular formula is C20H32N2O4. The number of hydrogen-bond acceptors (Lipinski definition) is 4. The van der Waals surface area contributed by atoms with Crippen LogP contribution in [0.25, 0.3) is 0 Å². The molecule has 2 heterocycles. The molecule has 6 heteroatoms. The van der Waals surface area contributed by atoms with Gasteiger partial charge in [0.25, 0.3) is 0 Å². The fourth-order valence-corrected chi connectivity index (χ4v) is 3.15. The Hall–Kier alpha value is -1.82. The van der Waals surface area contributed by atoms with Crippen molar-refractivity contribution in [1.29, 1.82) is 0 Å². The first-order valence-electron chi connectivity index (χ1n) is 9.58. The number of ether oxygens (including phenoxy) is 1. The summed E-state index contributed by atoms with van der Waals surface area (Å²) in [7, 11) is 0. The van der Waals surface area contributed by atoms with Crippen molar-refractivity contribution in [2.24, 2.45) is 5.92 Å². The summed E-state index contributed by atoms with van der Waals surface area (Å²) < 4.78 is 11.1. The van der Waals surface area contributed by atoms with E-state index in [1.807, 2.05) is 39.8 Å². The van der Waals surface area contributed by atoms with Crippen molar-refractivity contribution < 1.29 is 18.7 Å². The Bertz CT molecular complexity index is 562. The maximum absolute atomic E-state index is 13.0. The van der Waals surface area contributed by atoms with Gasteiger partial charge in [-0.3, -0.25) is 9.59 Å². The molecule has 0 spiro atoms. The van der Waals surface area contributed by atoms with Crippen LogP contribution in [-0.2, 0) is 20.9 Å². The summed E-state index contributed by atoms with van der Waals surface area (Å²) in [5.41, 5.74) is 0. The van der Waals surface area contributed by atoms with Gasteiger partial charge in [-0.05, 0) is 44.7 Å².